The number of ether oxygens (including phenoxy) is 1. The summed E-state index contributed by atoms with van der Waals surface area (Å²) in [6.07, 6.45) is 2.08. The molecule has 1 atom stereocenters. The van der Waals surface area contributed by atoms with E-state index in [1.807, 2.05) is 0 Å². The average molecular weight is 265 g/mol. The zero-order valence-corrected chi connectivity index (χ0v) is 11.1. The molecular weight excluding hydrogens is 246 g/mol. The standard InChI is InChI=1S/C13H19N3O3/c1-10(11(17)16-5-7-19-8-6-16)15-12(18)13(9-14)3-2-4-13/h10H,2-8H2,1H3,(H,15,18). The van der Waals surface area contributed by atoms with E-state index in [1.54, 1.807) is 11.8 Å². The average Bonchev–Trinajstić information content (AvgIpc) is 2.38. The molecule has 0 aromatic rings. The molecule has 6 heteroatoms. The Hall–Kier alpha value is -1.61. The zero-order valence-electron chi connectivity index (χ0n) is 11.1. The summed E-state index contributed by atoms with van der Waals surface area (Å²) in [5.41, 5.74) is -0.903. The number of amides is 2. The number of morpholine rings is 1. The highest BCUT2D eigenvalue weighted by molar-refractivity contribution is 5.91. The molecule has 0 radical (unpaired) electrons. The third-order valence-corrected chi connectivity index (χ3v) is 3.90. The minimum Gasteiger partial charge on any atom is -0.378 e. The van der Waals surface area contributed by atoms with Crippen LogP contribution in [-0.2, 0) is 14.3 Å². The van der Waals surface area contributed by atoms with Crippen LogP contribution in [0.2, 0.25) is 0 Å². The first-order valence-electron chi connectivity index (χ1n) is 6.68. The van der Waals surface area contributed by atoms with Crippen molar-refractivity contribution in [1.29, 1.82) is 5.26 Å². The largest absolute Gasteiger partial charge is 0.378 e. The van der Waals surface area contributed by atoms with Crippen LogP contribution in [0.1, 0.15) is 26.2 Å². The van der Waals surface area contributed by atoms with Crippen molar-refractivity contribution in [3.05, 3.63) is 0 Å². The Morgan fingerprint density at radius 1 is 1.37 bits per heavy atom. The number of hydrogen-bond donors (Lipinski definition) is 1. The predicted octanol–water partition coefficient (Wildman–Crippen LogP) is 0.0438. The van der Waals surface area contributed by atoms with Crippen LogP contribution in [0.3, 0.4) is 0 Å². The molecular formula is C13H19N3O3. The molecule has 2 fully saturated rings. The van der Waals surface area contributed by atoms with Crippen molar-refractivity contribution in [1.82, 2.24) is 10.2 Å². The Morgan fingerprint density at radius 2 is 2.00 bits per heavy atom. The summed E-state index contributed by atoms with van der Waals surface area (Å²) >= 11 is 0. The molecule has 1 saturated heterocycles. The lowest BCUT2D eigenvalue weighted by molar-refractivity contribution is -0.142. The van der Waals surface area contributed by atoms with Gasteiger partial charge in [-0.15, -0.1) is 0 Å². The summed E-state index contributed by atoms with van der Waals surface area (Å²) in [7, 11) is 0. The number of hydrogen-bond acceptors (Lipinski definition) is 4. The van der Waals surface area contributed by atoms with Gasteiger partial charge in [0.25, 0.3) is 0 Å². The van der Waals surface area contributed by atoms with Crippen molar-refractivity contribution >= 4 is 11.8 Å². The lowest BCUT2D eigenvalue weighted by Gasteiger charge is -2.35. The van der Waals surface area contributed by atoms with Crippen molar-refractivity contribution in [3.63, 3.8) is 0 Å². The third-order valence-electron chi connectivity index (χ3n) is 3.90. The van der Waals surface area contributed by atoms with Crippen LogP contribution in [0, 0.1) is 16.7 Å². The fourth-order valence-electron chi connectivity index (χ4n) is 2.37. The van der Waals surface area contributed by atoms with E-state index in [1.165, 1.54) is 0 Å². The van der Waals surface area contributed by atoms with Gasteiger partial charge in [-0.3, -0.25) is 9.59 Å². The smallest absolute Gasteiger partial charge is 0.245 e. The maximum absolute atomic E-state index is 12.1. The van der Waals surface area contributed by atoms with Gasteiger partial charge in [0.15, 0.2) is 0 Å². The fourth-order valence-corrected chi connectivity index (χ4v) is 2.37. The topological polar surface area (TPSA) is 82.4 Å². The van der Waals surface area contributed by atoms with E-state index in [-0.39, 0.29) is 11.8 Å². The molecule has 0 aromatic carbocycles. The third kappa shape index (κ3) is 2.71. The van der Waals surface area contributed by atoms with Crippen molar-refractivity contribution in [3.8, 4) is 6.07 Å². The van der Waals surface area contributed by atoms with Crippen LogP contribution in [0.4, 0.5) is 0 Å². The first-order chi connectivity index (χ1) is 9.09. The molecule has 2 amide bonds. The van der Waals surface area contributed by atoms with E-state index in [4.69, 9.17) is 10.00 Å². The second-order valence-corrected chi connectivity index (χ2v) is 5.18. The lowest BCUT2D eigenvalue weighted by atomic mass is 9.69. The Kier molecular flexibility index (Phi) is 4.05. The zero-order chi connectivity index (χ0) is 13.9. The lowest BCUT2D eigenvalue weighted by Crippen LogP contribution is -2.54. The summed E-state index contributed by atoms with van der Waals surface area (Å²) in [5, 5.41) is 11.8. The minimum atomic E-state index is -0.903. The van der Waals surface area contributed by atoms with Gasteiger partial charge in [0, 0.05) is 13.1 Å². The van der Waals surface area contributed by atoms with Gasteiger partial charge in [0.1, 0.15) is 11.5 Å². The fraction of sp³-hybridized carbons (Fsp3) is 0.769. The molecule has 19 heavy (non-hydrogen) atoms. The minimum absolute atomic E-state index is 0.107. The molecule has 1 aliphatic heterocycles. The second-order valence-electron chi connectivity index (χ2n) is 5.18. The summed E-state index contributed by atoms with van der Waals surface area (Å²) in [6, 6.07) is 1.49. The van der Waals surface area contributed by atoms with Crippen molar-refractivity contribution in [2.45, 2.75) is 32.2 Å². The maximum Gasteiger partial charge on any atom is 0.245 e. The molecule has 1 unspecified atom stereocenters. The van der Waals surface area contributed by atoms with Gasteiger partial charge in [0.2, 0.25) is 11.8 Å². The number of carbonyl (C=O) groups is 2. The summed E-state index contributed by atoms with van der Waals surface area (Å²) in [4.78, 5) is 25.9. The van der Waals surface area contributed by atoms with E-state index in [0.29, 0.717) is 39.1 Å². The molecule has 0 bridgehead atoms. The summed E-state index contributed by atoms with van der Waals surface area (Å²) in [6.45, 7) is 3.85. The molecule has 2 rings (SSSR count). The van der Waals surface area contributed by atoms with Crippen molar-refractivity contribution < 1.29 is 14.3 Å². The maximum atomic E-state index is 12.1. The Balaban J connectivity index is 1.89. The highest BCUT2D eigenvalue weighted by Gasteiger charge is 2.45. The van der Waals surface area contributed by atoms with Gasteiger partial charge >= 0.3 is 0 Å². The van der Waals surface area contributed by atoms with E-state index < -0.39 is 11.5 Å². The quantitative estimate of drug-likeness (QED) is 0.781. The SMILES string of the molecule is CC(NC(=O)C1(C#N)CCC1)C(=O)N1CCOCC1. The Bertz CT molecular complexity index is 406. The van der Waals surface area contributed by atoms with Crippen molar-refractivity contribution in [2.75, 3.05) is 26.3 Å². The first kappa shape index (κ1) is 13.8. The van der Waals surface area contributed by atoms with Gasteiger partial charge in [-0.05, 0) is 26.2 Å². The van der Waals surface area contributed by atoms with Crippen LogP contribution in [-0.4, -0.2) is 49.1 Å². The molecule has 2 aliphatic rings. The summed E-state index contributed by atoms with van der Waals surface area (Å²) < 4.78 is 5.18. The number of rotatable bonds is 3. The van der Waals surface area contributed by atoms with E-state index in [9.17, 15) is 9.59 Å². The molecule has 104 valence electrons. The summed E-state index contributed by atoms with van der Waals surface area (Å²) in [5.74, 6) is -0.417. The van der Waals surface area contributed by atoms with Gasteiger partial charge in [-0.2, -0.15) is 5.26 Å². The molecule has 0 spiro atoms. The Labute approximate surface area is 112 Å². The molecule has 1 heterocycles. The highest BCUT2D eigenvalue weighted by atomic mass is 16.5. The number of carbonyl (C=O) groups excluding carboxylic acids is 2. The highest BCUT2D eigenvalue weighted by Crippen LogP contribution is 2.40. The van der Waals surface area contributed by atoms with E-state index >= 15 is 0 Å². The van der Waals surface area contributed by atoms with Crippen LogP contribution >= 0.6 is 0 Å². The molecule has 1 saturated carbocycles. The van der Waals surface area contributed by atoms with Gasteiger partial charge in [-0.25, -0.2) is 0 Å². The van der Waals surface area contributed by atoms with Crippen LogP contribution in [0.25, 0.3) is 0 Å². The van der Waals surface area contributed by atoms with E-state index in [0.717, 1.165) is 6.42 Å². The normalized spacial score (nSPS) is 22.8. The van der Waals surface area contributed by atoms with Gasteiger partial charge < -0.3 is 15.0 Å². The van der Waals surface area contributed by atoms with Gasteiger partial charge in [0.05, 0.1) is 19.3 Å². The number of nitrogens with zero attached hydrogens (tertiary/aromatic N) is 2. The monoisotopic (exact) mass is 265 g/mol. The molecule has 1 N–H and O–H groups in total. The van der Waals surface area contributed by atoms with E-state index in [2.05, 4.69) is 11.4 Å². The van der Waals surface area contributed by atoms with Gasteiger partial charge in [-0.1, -0.05) is 0 Å². The number of nitrogens with one attached hydrogen (secondary N) is 1. The first-order valence-corrected chi connectivity index (χ1v) is 6.68. The van der Waals surface area contributed by atoms with Crippen LogP contribution in [0.5, 0.6) is 0 Å². The molecule has 6 nitrogen and oxygen atoms in total. The number of nitriles is 1. The Morgan fingerprint density at radius 3 is 2.47 bits per heavy atom. The molecule has 1 aliphatic carbocycles. The van der Waals surface area contributed by atoms with Crippen LogP contribution in [0.15, 0.2) is 0 Å². The molecule has 0 aromatic heterocycles. The van der Waals surface area contributed by atoms with Crippen molar-refractivity contribution in [2.24, 2.45) is 5.41 Å². The second kappa shape index (κ2) is 5.57. The predicted molar refractivity (Wildman–Crippen MR) is 66.9 cm³/mol. The van der Waals surface area contributed by atoms with Crippen LogP contribution < -0.4 is 5.32 Å².